The second-order valence-electron chi connectivity index (χ2n) is 7.05. The van der Waals surface area contributed by atoms with E-state index in [2.05, 4.69) is 4.98 Å². The lowest BCUT2D eigenvalue weighted by atomic mass is 10.1. The number of ether oxygens (including phenoxy) is 1. The summed E-state index contributed by atoms with van der Waals surface area (Å²) in [7, 11) is 0. The number of rotatable bonds is 5. The lowest BCUT2D eigenvalue weighted by Crippen LogP contribution is -2.50. The van der Waals surface area contributed by atoms with Crippen LogP contribution in [0, 0.1) is 5.82 Å². The fourth-order valence-corrected chi connectivity index (χ4v) is 4.46. The predicted molar refractivity (Wildman–Crippen MR) is 112 cm³/mol. The van der Waals surface area contributed by atoms with Crippen molar-refractivity contribution in [3.05, 3.63) is 47.4 Å². The van der Waals surface area contributed by atoms with Gasteiger partial charge in [-0.15, -0.1) is 11.3 Å². The largest absolute Gasteiger partial charge is 0.450 e. The SMILES string of the molecule is CCOC(=O)N1CCN(C(=O)CCc2csc3nc(-c4ccccc4F)cn23)CC1. The number of thiazole rings is 1. The third-order valence-corrected chi connectivity index (χ3v) is 6.08. The number of aromatic nitrogens is 2. The number of halogens is 1. The molecule has 2 aromatic heterocycles. The van der Waals surface area contributed by atoms with Gasteiger partial charge in [-0.3, -0.25) is 9.20 Å². The molecule has 0 spiro atoms. The molecule has 1 fully saturated rings. The van der Waals surface area contributed by atoms with Crippen LogP contribution >= 0.6 is 11.3 Å². The van der Waals surface area contributed by atoms with Gasteiger partial charge in [0.1, 0.15) is 5.82 Å². The Bertz CT molecular complexity index is 1060. The molecule has 30 heavy (non-hydrogen) atoms. The minimum atomic E-state index is -0.323. The summed E-state index contributed by atoms with van der Waals surface area (Å²) in [6.07, 6.45) is 2.45. The average molecular weight is 431 g/mol. The highest BCUT2D eigenvalue weighted by molar-refractivity contribution is 7.15. The summed E-state index contributed by atoms with van der Waals surface area (Å²) < 4.78 is 21.0. The van der Waals surface area contributed by atoms with Gasteiger partial charge >= 0.3 is 6.09 Å². The molecular formula is C21H23FN4O3S. The smallest absolute Gasteiger partial charge is 0.409 e. The van der Waals surface area contributed by atoms with Gasteiger partial charge in [0, 0.05) is 55.4 Å². The van der Waals surface area contributed by atoms with Crippen LogP contribution in [0.4, 0.5) is 9.18 Å². The first-order chi connectivity index (χ1) is 14.6. The Hall–Kier alpha value is -2.94. The van der Waals surface area contributed by atoms with E-state index in [0.29, 0.717) is 56.9 Å². The van der Waals surface area contributed by atoms with Gasteiger partial charge in [0.05, 0.1) is 12.3 Å². The molecule has 3 aromatic rings. The van der Waals surface area contributed by atoms with E-state index in [1.54, 1.807) is 34.9 Å². The number of carbonyl (C=O) groups is 2. The topological polar surface area (TPSA) is 67.2 Å². The molecule has 0 N–H and O–H groups in total. The molecule has 7 nitrogen and oxygen atoms in total. The summed E-state index contributed by atoms with van der Waals surface area (Å²) in [6.45, 7) is 4.12. The molecule has 1 aliphatic heterocycles. The van der Waals surface area contributed by atoms with E-state index >= 15 is 0 Å². The summed E-state index contributed by atoms with van der Waals surface area (Å²) in [4.78, 5) is 33.1. The van der Waals surface area contributed by atoms with Crippen LogP contribution < -0.4 is 0 Å². The zero-order chi connectivity index (χ0) is 21.1. The van der Waals surface area contributed by atoms with Gasteiger partial charge in [-0.2, -0.15) is 0 Å². The first-order valence-electron chi connectivity index (χ1n) is 9.96. The molecule has 9 heteroatoms. The van der Waals surface area contributed by atoms with Crippen LogP contribution in [0.15, 0.2) is 35.8 Å². The number of imidazole rings is 1. The number of hydrogen-bond donors (Lipinski definition) is 0. The Morgan fingerprint density at radius 3 is 2.63 bits per heavy atom. The molecule has 3 heterocycles. The summed E-state index contributed by atoms with van der Waals surface area (Å²) in [6, 6.07) is 6.57. The minimum absolute atomic E-state index is 0.0623. The van der Waals surface area contributed by atoms with Crippen LogP contribution in [-0.2, 0) is 16.0 Å². The normalized spacial score (nSPS) is 14.3. The number of fused-ring (bicyclic) bond motifs is 1. The second-order valence-corrected chi connectivity index (χ2v) is 7.89. The fraction of sp³-hybridized carbons (Fsp3) is 0.381. The Kier molecular flexibility index (Phi) is 5.98. The maximum atomic E-state index is 14.1. The van der Waals surface area contributed by atoms with Gasteiger partial charge < -0.3 is 14.5 Å². The van der Waals surface area contributed by atoms with Crippen molar-refractivity contribution in [2.75, 3.05) is 32.8 Å². The number of aryl methyl sites for hydroxylation is 1. The van der Waals surface area contributed by atoms with E-state index in [1.807, 2.05) is 16.0 Å². The first kappa shape index (κ1) is 20.3. The Morgan fingerprint density at radius 1 is 1.17 bits per heavy atom. The van der Waals surface area contributed by atoms with Crippen molar-refractivity contribution in [3.63, 3.8) is 0 Å². The number of hydrogen-bond acceptors (Lipinski definition) is 5. The zero-order valence-electron chi connectivity index (χ0n) is 16.7. The second kappa shape index (κ2) is 8.83. The molecule has 0 radical (unpaired) electrons. The Morgan fingerprint density at radius 2 is 1.90 bits per heavy atom. The molecule has 1 saturated heterocycles. The van der Waals surface area contributed by atoms with Crippen molar-refractivity contribution in [1.29, 1.82) is 0 Å². The molecule has 2 amide bonds. The molecule has 0 atom stereocenters. The maximum Gasteiger partial charge on any atom is 0.409 e. The van der Waals surface area contributed by atoms with Crippen molar-refractivity contribution < 1.29 is 18.7 Å². The number of piperazine rings is 1. The van der Waals surface area contributed by atoms with Crippen molar-refractivity contribution >= 4 is 28.3 Å². The minimum Gasteiger partial charge on any atom is -0.450 e. The van der Waals surface area contributed by atoms with E-state index < -0.39 is 0 Å². The summed E-state index contributed by atoms with van der Waals surface area (Å²) in [5.41, 5.74) is 2.03. The quantitative estimate of drug-likeness (QED) is 0.622. The Labute approximate surface area is 177 Å². The molecule has 0 saturated carbocycles. The zero-order valence-corrected chi connectivity index (χ0v) is 17.5. The van der Waals surface area contributed by atoms with E-state index in [0.717, 1.165) is 10.7 Å². The van der Waals surface area contributed by atoms with Crippen LogP contribution in [-0.4, -0.2) is 64.0 Å². The third-order valence-electron chi connectivity index (χ3n) is 5.19. The van der Waals surface area contributed by atoms with Crippen LogP contribution in [0.3, 0.4) is 0 Å². The van der Waals surface area contributed by atoms with Crippen LogP contribution in [0.5, 0.6) is 0 Å². The van der Waals surface area contributed by atoms with Crippen molar-refractivity contribution in [3.8, 4) is 11.3 Å². The van der Waals surface area contributed by atoms with Crippen molar-refractivity contribution in [2.24, 2.45) is 0 Å². The molecular weight excluding hydrogens is 407 g/mol. The molecule has 1 aliphatic rings. The molecule has 4 rings (SSSR count). The van der Waals surface area contributed by atoms with Crippen molar-refractivity contribution in [1.82, 2.24) is 19.2 Å². The number of benzene rings is 1. The van der Waals surface area contributed by atoms with Crippen molar-refractivity contribution in [2.45, 2.75) is 19.8 Å². The third kappa shape index (κ3) is 4.16. The van der Waals surface area contributed by atoms with Crippen LogP contribution in [0.25, 0.3) is 16.2 Å². The van der Waals surface area contributed by atoms with Crippen LogP contribution in [0.2, 0.25) is 0 Å². The first-order valence-corrected chi connectivity index (χ1v) is 10.8. The molecule has 0 aliphatic carbocycles. The van der Waals surface area contributed by atoms with E-state index in [1.165, 1.54) is 17.4 Å². The maximum absolute atomic E-state index is 14.1. The summed E-state index contributed by atoms with van der Waals surface area (Å²) in [5, 5.41) is 1.99. The molecule has 0 unspecified atom stereocenters. The highest BCUT2D eigenvalue weighted by atomic mass is 32.1. The van der Waals surface area contributed by atoms with E-state index in [9.17, 15) is 14.0 Å². The van der Waals surface area contributed by atoms with Crippen LogP contribution in [0.1, 0.15) is 19.0 Å². The molecule has 1 aromatic carbocycles. The Balaban J connectivity index is 1.37. The highest BCUT2D eigenvalue weighted by Gasteiger charge is 2.24. The van der Waals surface area contributed by atoms with Gasteiger partial charge in [0.15, 0.2) is 4.96 Å². The van der Waals surface area contributed by atoms with Gasteiger partial charge in [0.2, 0.25) is 5.91 Å². The van der Waals surface area contributed by atoms with E-state index in [-0.39, 0.29) is 17.8 Å². The van der Waals surface area contributed by atoms with Gasteiger partial charge in [-0.05, 0) is 25.5 Å². The molecule has 0 bridgehead atoms. The lowest BCUT2D eigenvalue weighted by Gasteiger charge is -2.34. The predicted octanol–water partition coefficient (Wildman–Crippen LogP) is 3.44. The number of carbonyl (C=O) groups excluding carboxylic acids is 2. The highest BCUT2D eigenvalue weighted by Crippen LogP contribution is 2.26. The fourth-order valence-electron chi connectivity index (χ4n) is 3.55. The average Bonchev–Trinajstić information content (AvgIpc) is 3.34. The monoisotopic (exact) mass is 430 g/mol. The standard InChI is InChI=1S/C21H23FN4O3S/c1-2-29-21(28)25-11-9-24(10-12-25)19(27)8-7-15-14-30-20-23-18(13-26(15)20)16-5-3-4-6-17(16)22/h3-6,13-14H,2,7-12H2,1H3. The van der Waals surface area contributed by atoms with Gasteiger partial charge in [-0.1, -0.05) is 12.1 Å². The number of nitrogens with zero attached hydrogens (tertiary/aromatic N) is 4. The van der Waals surface area contributed by atoms with E-state index in [4.69, 9.17) is 4.74 Å². The summed E-state index contributed by atoms with van der Waals surface area (Å²) in [5.74, 6) is -0.241. The number of amides is 2. The lowest BCUT2D eigenvalue weighted by molar-refractivity contribution is -0.132. The molecule has 158 valence electrons. The summed E-state index contributed by atoms with van der Waals surface area (Å²) >= 11 is 1.48. The van der Waals surface area contributed by atoms with Gasteiger partial charge in [-0.25, -0.2) is 14.2 Å². The van der Waals surface area contributed by atoms with Gasteiger partial charge in [0.25, 0.3) is 0 Å².